The van der Waals surface area contributed by atoms with Gasteiger partial charge in [0.25, 0.3) is 5.91 Å². The highest BCUT2D eigenvalue weighted by Gasteiger charge is 2.30. The molecule has 1 N–H and O–H groups in total. The second-order valence-electron chi connectivity index (χ2n) is 8.95. The summed E-state index contributed by atoms with van der Waals surface area (Å²) in [5, 5.41) is 2.64. The molecule has 164 valence electrons. The number of fused-ring (bicyclic) bond motifs is 1. The van der Waals surface area contributed by atoms with Crippen molar-refractivity contribution in [3.05, 3.63) is 18.2 Å². The maximum absolute atomic E-state index is 12.5. The maximum atomic E-state index is 12.5. The van der Waals surface area contributed by atoms with Crippen molar-refractivity contribution in [1.29, 1.82) is 0 Å². The summed E-state index contributed by atoms with van der Waals surface area (Å²) < 4.78 is 16.3. The molecule has 0 unspecified atom stereocenters. The van der Waals surface area contributed by atoms with Crippen LogP contribution in [0.15, 0.2) is 18.2 Å². The van der Waals surface area contributed by atoms with Crippen LogP contribution in [-0.2, 0) is 19.1 Å². The van der Waals surface area contributed by atoms with Gasteiger partial charge in [-0.2, -0.15) is 0 Å². The highest BCUT2D eigenvalue weighted by atomic mass is 16.6. The van der Waals surface area contributed by atoms with E-state index in [1.54, 1.807) is 39.0 Å². The third kappa shape index (κ3) is 5.87. The number of anilines is 2. The van der Waals surface area contributed by atoms with Crippen LogP contribution < -0.4 is 15.0 Å². The minimum atomic E-state index is -0.635. The van der Waals surface area contributed by atoms with Crippen molar-refractivity contribution < 1.29 is 28.6 Å². The molecule has 1 saturated carbocycles. The Morgan fingerprint density at radius 2 is 1.90 bits per heavy atom. The van der Waals surface area contributed by atoms with Crippen LogP contribution in [0.5, 0.6) is 5.75 Å². The SMILES string of the molecule is CC1CCC(OC(=O)CN2C(=O)COc3ccc(NC(=O)OC(C)(C)C)cc32)CC1. The molecular formula is C22H30N2O6. The smallest absolute Gasteiger partial charge is 0.412 e. The lowest BCUT2D eigenvalue weighted by molar-refractivity contribution is -0.150. The number of nitrogens with one attached hydrogen (secondary N) is 1. The van der Waals surface area contributed by atoms with Crippen LogP contribution >= 0.6 is 0 Å². The molecular weight excluding hydrogens is 388 g/mol. The second-order valence-corrected chi connectivity index (χ2v) is 8.95. The van der Waals surface area contributed by atoms with Crippen molar-refractivity contribution >= 4 is 29.3 Å². The van der Waals surface area contributed by atoms with Crippen LogP contribution in [0.3, 0.4) is 0 Å². The van der Waals surface area contributed by atoms with Crippen LogP contribution in [0.2, 0.25) is 0 Å². The van der Waals surface area contributed by atoms with Gasteiger partial charge in [0.05, 0.1) is 5.69 Å². The first-order valence-electron chi connectivity index (χ1n) is 10.4. The van der Waals surface area contributed by atoms with Crippen molar-refractivity contribution in [3.63, 3.8) is 0 Å². The molecule has 0 atom stereocenters. The van der Waals surface area contributed by atoms with Gasteiger partial charge in [-0.3, -0.25) is 19.8 Å². The third-order valence-electron chi connectivity index (χ3n) is 5.10. The van der Waals surface area contributed by atoms with E-state index in [4.69, 9.17) is 14.2 Å². The molecule has 0 radical (unpaired) electrons. The molecule has 30 heavy (non-hydrogen) atoms. The average molecular weight is 418 g/mol. The standard InChI is InChI=1S/C22H30N2O6/c1-14-5-8-16(9-6-14)29-20(26)12-24-17-11-15(23-21(27)30-22(2,3)4)7-10-18(17)28-13-19(24)25/h7,10-11,14,16H,5-6,8-9,12-13H2,1-4H3,(H,23,27). The van der Waals surface area contributed by atoms with Crippen LogP contribution in [0.4, 0.5) is 16.2 Å². The van der Waals surface area contributed by atoms with E-state index in [1.807, 2.05) is 0 Å². The van der Waals surface area contributed by atoms with Crippen LogP contribution in [-0.4, -0.2) is 42.8 Å². The van der Waals surface area contributed by atoms with Gasteiger partial charge in [0.2, 0.25) is 0 Å². The first-order chi connectivity index (χ1) is 14.1. The topological polar surface area (TPSA) is 94.2 Å². The molecule has 8 heteroatoms. The third-order valence-corrected chi connectivity index (χ3v) is 5.10. The van der Waals surface area contributed by atoms with E-state index in [0.29, 0.717) is 23.0 Å². The number of hydrogen-bond donors (Lipinski definition) is 1. The largest absolute Gasteiger partial charge is 0.482 e. The highest BCUT2D eigenvalue weighted by Crippen LogP contribution is 2.35. The highest BCUT2D eigenvalue weighted by molar-refractivity contribution is 6.02. The van der Waals surface area contributed by atoms with Crippen LogP contribution in [0.1, 0.15) is 53.4 Å². The Kier molecular flexibility index (Phi) is 6.53. The lowest BCUT2D eigenvalue weighted by atomic mass is 9.89. The van der Waals surface area contributed by atoms with E-state index in [2.05, 4.69) is 12.2 Å². The molecule has 0 bridgehead atoms. The van der Waals surface area contributed by atoms with Gasteiger partial charge in [0.1, 0.15) is 24.0 Å². The van der Waals surface area contributed by atoms with E-state index in [0.717, 1.165) is 25.7 Å². The van der Waals surface area contributed by atoms with E-state index in [9.17, 15) is 14.4 Å². The van der Waals surface area contributed by atoms with E-state index >= 15 is 0 Å². The lowest BCUT2D eigenvalue weighted by Crippen LogP contribution is -2.43. The predicted octanol–water partition coefficient (Wildman–Crippen LogP) is 3.88. The first-order valence-corrected chi connectivity index (χ1v) is 10.4. The lowest BCUT2D eigenvalue weighted by Gasteiger charge is -2.30. The van der Waals surface area contributed by atoms with Crippen molar-refractivity contribution in [2.24, 2.45) is 5.92 Å². The summed E-state index contributed by atoms with van der Waals surface area (Å²) in [5.41, 5.74) is 0.208. The fourth-order valence-corrected chi connectivity index (χ4v) is 3.57. The number of hydrogen-bond acceptors (Lipinski definition) is 6. The monoisotopic (exact) mass is 418 g/mol. The summed E-state index contributed by atoms with van der Waals surface area (Å²) in [6.45, 7) is 7.16. The minimum Gasteiger partial charge on any atom is -0.482 e. The predicted molar refractivity (Wildman–Crippen MR) is 112 cm³/mol. The molecule has 2 amide bonds. The summed E-state index contributed by atoms with van der Waals surface area (Å²) in [7, 11) is 0. The van der Waals surface area contributed by atoms with Gasteiger partial charge in [0, 0.05) is 5.69 Å². The Hall–Kier alpha value is -2.77. The summed E-state index contributed by atoms with van der Waals surface area (Å²) in [5.74, 6) is 0.333. The molecule has 1 fully saturated rings. The van der Waals surface area contributed by atoms with Gasteiger partial charge in [-0.25, -0.2) is 4.79 Å². The summed E-state index contributed by atoms with van der Waals surface area (Å²) in [6.07, 6.45) is 3.08. The number of esters is 1. The van der Waals surface area contributed by atoms with Gasteiger partial charge >= 0.3 is 12.1 Å². The van der Waals surface area contributed by atoms with Crippen LogP contribution in [0, 0.1) is 5.92 Å². The molecule has 0 saturated heterocycles. The maximum Gasteiger partial charge on any atom is 0.412 e. The fourth-order valence-electron chi connectivity index (χ4n) is 3.57. The molecule has 0 aromatic heterocycles. The summed E-state index contributed by atoms with van der Waals surface area (Å²) in [6, 6.07) is 4.89. The van der Waals surface area contributed by atoms with Crippen LogP contribution in [0.25, 0.3) is 0 Å². The van der Waals surface area contributed by atoms with Gasteiger partial charge in [-0.1, -0.05) is 6.92 Å². The molecule has 1 aromatic rings. The van der Waals surface area contributed by atoms with Crippen molar-refractivity contribution in [2.75, 3.05) is 23.4 Å². The summed E-state index contributed by atoms with van der Waals surface area (Å²) >= 11 is 0. The molecule has 3 rings (SSSR count). The number of amides is 2. The quantitative estimate of drug-likeness (QED) is 0.746. The molecule has 2 aliphatic rings. The van der Waals surface area contributed by atoms with Crippen molar-refractivity contribution in [2.45, 2.75) is 65.1 Å². The summed E-state index contributed by atoms with van der Waals surface area (Å²) in [4.78, 5) is 38.3. The number of carbonyl (C=O) groups is 3. The molecule has 1 aromatic carbocycles. The number of ether oxygens (including phenoxy) is 3. The molecule has 0 spiro atoms. The Labute approximate surface area is 176 Å². The van der Waals surface area contributed by atoms with E-state index in [1.165, 1.54) is 4.90 Å². The molecule has 1 aliphatic heterocycles. The number of rotatable bonds is 4. The normalized spacial score (nSPS) is 21.3. The Morgan fingerprint density at radius 1 is 1.20 bits per heavy atom. The van der Waals surface area contributed by atoms with Gasteiger partial charge < -0.3 is 14.2 Å². The zero-order chi connectivity index (χ0) is 21.9. The van der Waals surface area contributed by atoms with E-state index in [-0.39, 0.29) is 25.2 Å². The first kappa shape index (κ1) is 21.9. The minimum absolute atomic E-state index is 0.0931. The van der Waals surface area contributed by atoms with Crippen molar-refractivity contribution in [3.8, 4) is 5.75 Å². The zero-order valence-corrected chi connectivity index (χ0v) is 18.0. The second kappa shape index (κ2) is 8.93. The van der Waals surface area contributed by atoms with Gasteiger partial charge in [0.15, 0.2) is 6.61 Å². The Balaban J connectivity index is 1.68. The fraction of sp³-hybridized carbons (Fsp3) is 0.591. The Bertz CT molecular complexity index is 808. The van der Waals surface area contributed by atoms with E-state index < -0.39 is 17.7 Å². The zero-order valence-electron chi connectivity index (χ0n) is 18.0. The number of nitrogens with zero attached hydrogens (tertiary/aromatic N) is 1. The van der Waals surface area contributed by atoms with Gasteiger partial charge in [-0.15, -0.1) is 0 Å². The van der Waals surface area contributed by atoms with Gasteiger partial charge in [-0.05, 0) is 70.6 Å². The number of carbonyl (C=O) groups excluding carboxylic acids is 3. The Morgan fingerprint density at radius 3 is 2.57 bits per heavy atom. The number of benzene rings is 1. The molecule has 8 nitrogen and oxygen atoms in total. The molecule has 1 aliphatic carbocycles. The van der Waals surface area contributed by atoms with Crippen molar-refractivity contribution in [1.82, 2.24) is 0 Å². The average Bonchev–Trinajstić information content (AvgIpc) is 2.64. The molecule has 1 heterocycles.